The molecule has 0 spiro atoms. The second kappa shape index (κ2) is 5.20. The zero-order valence-corrected chi connectivity index (χ0v) is 11.0. The molecule has 0 unspecified atom stereocenters. The number of benzene rings is 2. The second-order valence-corrected chi connectivity index (χ2v) is 4.95. The van der Waals surface area contributed by atoms with Crippen LogP contribution in [0.2, 0.25) is 0 Å². The standard InChI is InChI=1S/C15H12N2OS/c18-15(8-12-9-19-10-16-12)17-14-7-3-5-11-4-1-2-6-13(11)14/h1-7,9-10H,8H2,(H,17,18). The van der Waals surface area contributed by atoms with Gasteiger partial charge in [-0.05, 0) is 11.5 Å². The number of aromatic nitrogens is 1. The molecule has 3 aromatic rings. The molecule has 2 aromatic carbocycles. The predicted octanol–water partition coefficient (Wildman–Crippen LogP) is 3.48. The zero-order valence-electron chi connectivity index (χ0n) is 10.2. The topological polar surface area (TPSA) is 42.0 Å². The van der Waals surface area contributed by atoms with E-state index in [4.69, 9.17) is 0 Å². The summed E-state index contributed by atoms with van der Waals surface area (Å²) in [6.07, 6.45) is 0.312. The van der Waals surface area contributed by atoms with Crippen LogP contribution in [0, 0.1) is 0 Å². The average molecular weight is 268 g/mol. The van der Waals surface area contributed by atoms with E-state index < -0.39 is 0 Å². The van der Waals surface area contributed by atoms with Crippen LogP contribution in [0.1, 0.15) is 5.69 Å². The van der Waals surface area contributed by atoms with Crippen molar-refractivity contribution >= 4 is 33.7 Å². The summed E-state index contributed by atoms with van der Waals surface area (Å²) in [5, 5.41) is 7.01. The van der Waals surface area contributed by atoms with Gasteiger partial charge >= 0.3 is 0 Å². The molecule has 0 bridgehead atoms. The first-order valence-electron chi connectivity index (χ1n) is 5.97. The van der Waals surface area contributed by atoms with Crippen molar-refractivity contribution < 1.29 is 4.79 Å². The van der Waals surface area contributed by atoms with Crippen LogP contribution in [-0.4, -0.2) is 10.9 Å². The van der Waals surface area contributed by atoms with Crippen molar-refractivity contribution in [3.05, 3.63) is 59.0 Å². The number of thiazole rings is 1. The van der Waals surface area contributed by atoms with E-state index in [9.17, 15) is 4.79 Å². The van der Waals surface area contributed by atoms with Crippen molar-refractivity contribution in [2.75, 3.05) is 5.32 Å². The van der Waals surface area contributed by atoms with E-state index in [1.54, 1.807) is 5.51 Å². The maximum Gasteiger partial charge on any atom is 0.230 e. The van der Waals surface area contributed by atoms with Crippen molar-refractivity contribution in [1.29, 1.82) is 0 Å². The van der Waals surface area contributed by atoms with Gasteiger partial charge in [0.1, 0.15) is 0 Å². The quantitative estimate of drug-likeness (QED) is 0.790. The molecular formula is C15H12N2OS. The molecule has 0 fully saturated rings. The maximum atomic E-state index is 12.0. The molecule has 19 heavy (non-hydrogen) atoms. The average Bonchev–Trinajstić information content (AvgIpc) is 2.92. The predicted molar refractivity (Wildman–Crippen MR) is 78.4 cm³/mol. The highest BCUT2D eigenvalue weighted by molar-refractivity contribution is 7.07. The van der Waals surface area contributed by atoms with Crippen LogP contribution in [0.25, 0.3) is 10.8 Å². The van der Waals surface area contributed by atoms with Crippen molar-refractivity contribution in [3.8, 4) is 0 Å². The molecule has 3 rings (SSSR count). The third-order valence-electron chi connectivity index (χ3n) is 2.89. The molecule has 1 heterocycles. The number of hydrogen-bond donors (Lipinski definition) is 1. The van der Waals surface area contributed by atoms with Crippen LogP contribution in [0.5, 0.6) is 0 Å². The molecule has 1 amide bonds. The Morgan fingerprint density at radius 2 is 2.00 bits per heavy atom. The summed E-state index contributed by atoms with van der Waals surface area (Å²) in [6.45, 7) is 0. The first kappa shape index (κ1) is 11.9. The van der Waals surface area contributed by atoms with E-state index in [0.717, 1.165) is 22.2 Å². The summed E-state index contributed by atoms with van der Waals surface area (Å²) in [4.78, 5) is 16.1. The Hall–Kier alpha value is -2.20. The van der Waals surface area contributed by atoms with Crippen LogP contribution in [0.15, 0.2) is 53.4 Å². The number of anilines is 1. The molecule has 0 saturated heterocycles. The van der Waals surface area contributed by atoms with Gasteiger partial charge in [-0.1, -0.05) is 36.4 Å². The van der Waals surface area contributed by atoms with E-state index in [1.165, 1.54) is 11.3 Å². The molecule has 4 heteroatoms. The lowest BCUT2D eigenvalue weighted by atomic mass is 10.1. The molecule has 1 aromatic heterocycles. The Balaban J connectivity index is 1.83. The van der Waals surface area contributed by atoms with Crippen molar-refractivity contribution in [3.63, 3.8) is 0 Å². The minimum atomic E-state index is -0.0396. The van der Waals surface area contributed by atoms with Crippen LogP contribution in [-0.2, 0) is 11.2 Å². The number of carbonyl (C=O) groups is 1. The molecule has 1 N–H and O–H groups in total. The van der Waals surface area contributed by atoms with Crippen molar-refractivity contribution in [2.24, 2.45) is 0 Å². The van der Waals surface area contributed by atoms with Gasteiger partial charge in [0.2, 0.25) is 5.91 Å². The third kappa shape index (κ3) is 2.63. The fourth-order valence-corrected chi connectivity index (χ4v) is 2.58. The number of nitrogens with zero attached hydrogens (tertiary/aromatic N) is 1. The van der Waals surface area contributed by atoms with Gasteiger partial charge in [-0.3, -0.25) is 4.79 Å². The van der Waals surface area contributed by atoms with Crippen LogP contribution in [0.3, 0.4) is 0 Å². The highest BCUT2D eigenvalue weighted by atomic mass is 32.1. The minimum Gasteiger partial charge on any atom is -0.325 e. The summed E-state index contributed by atoms with van der Waals surface area (Å²) in [5.41, 5.74) is 3.39. The monoisotopic (exact) mass is 268 g/mol. The van der Waals surface area contributed by atoms with Gasteiger partial charge in [-0.2, -0.15) is 0 Å². The lowest BCUT2D eigenvalue weighted by Crippen LogP contribution is -2.14. The Kier molecular flexibility index (Phi) is 3.25. The first-order valence-corrected chi connectivity index (χ1v) is 6.92. The van der Waals surface area contributed by atoms with Gasteiger partial charge < -0.3 is 5.32 Å². The molecule has 0 radical (unpaired) electrons. The smallest absolute Gasteiger partial charge is 0.230 e. The highest BCUT2D eigenvalue weighted by Gasteiger charge is 2.07. The Bertz CT molecular complexity index is 702. The van der Waals surface area contributed by atoms with Crippen molar-refractivity contribution in [1.82, 2.24) is 4.98 Å². The van der Waals surface area contributed by atoms with E-state index in [0.29, 0.717) is 6.42 Å². The normalized spacial score (nSPS) is 10.5. The van der Waals surface area contributed by atoms with Crippen LogP contribution >= 0.6 is 11.3 Å². The third-order valence-corrected chi connectivity index (χ3v) is 3.52. The molecule has 3 nitrogen and oxygen atoms in total. The Morgan fingerprint density at radius 3 is 2.84 bits per heavy atom. The SMILES string of the molecule is O=C(Cc1cscn1)Nc1cccc2ccccc12. The van der Waals surface area contributed by atoms with E-state index in [1.807, 2.05) is 47.8 Å². The molecule has 94 valence electrons. The van der Waals surface area contributed by atoms with Crippen molar-refractivity contribution in [2.45, 2.75) is 6.42 Å². The van der Waals surface area contributed by atoms with Gasteiger partial charge in [-0.15, -0.1) is 11.3 Å². The highest BCUT2D eigenvalue weighted by Crippen LogP contribution is 2.23. The van der Waals surface area contributed by atoms with E-state index >= 15 is 0 Å². The largest absolute Gasteiger partial charge is 0.325 e. The second-order valence-electron chi connectivity index (χ2n) is 4.23. The fourth-order valence-electron chi connectivity index (χ4n) is 2.02. The lowest BCUT2D eigenvalue weighted by molar-refractivity contribution is -0.115. The summed E-state index contributed by atoms with van der Waals surface area (Å²) < 4.78 is 0. The molecule has 0 atom stereocenters. The maximum absolute atomic E-state index is 12.0. The summed E-state index contributed by atoms with van der Waals surface area (Å²) >= 11 is 1.50. The number of amides is 1. The first-order chi connectivity index (χ1) is 9.33. The van der Waals surface area contributed by atoms with Gasteiger partial charge in [0.15, 0.2) is 0 Å². The molecule has 0 aliphatic rings. The van der Waals surface area contributed by atoms with Gasteiger partial charge in [-0.25, -0.2) is 4.98 Å². The number of hydrogen-bond acceptors (Lipinski definition) is 3. The lowest BCUT2D eigenvalue weighted by Gasteiger charge is -2.07. The number of nitrogens with one attached hydrogen (secondary N) is 1. The molecule has 0 aliphatic heterocycles. The summed E-state index contributed by atoms with van der Waals surface area (Å²) in [7, 11) is 0. The number of carbonyl (C=O) groups excluding carboxylic acids is 1. The minimum absolute atomic E-state index is 0.0396. The van der Waals surface area contributed by atoms with Crippen LogP contribution in [0.4, 0.5) is 5.69 Å². The van der Waals surface area contributed by atoms with E-state index in [-0.39, 0.29) is 5.91 Å². The van der Waals surface area contributed by atoms with E-state index in [2.05, 4.69) is 10.3 Å². The van der Waals surface area contributed by atoms with Crippen LogP contribution < -0.4 is 5.32 Å². The Morgan fingerprint density at radius 1 is 1.16 bits per heavy atom. The fraction of sp³-hybridized carbons (Fsp3) is 0.0667. The molecule has 0 saturated carbocycles. The van der Waals surface area contributed by atoms with Gasteiger partial charge in [0.05, 0.1) is 17.6 Å². The zero-order chi connectivity index (χ0) is 13.1. The van der Waals surface area contributed by atoms with Gasteiger partial charge in [0, 0.05) is 16.5 Å². The number of fused-ring (bicyclic) bond motifs is 1. The summed E-state index contributed by atoms with van der Waals surface area (Å²) in [5.74, 6) is -0.0396. The molecule has 0 aliphatic carbocycles. The summed E-state index contributed by atoms with van der Waals surface area (Å²) in [6, 6.07) is 13.9. The Labute approximate surface area is 114 Å². The van der Waals surface area contributed by atoms with Gasteiger partial charge in [0.25, 0.3) is 0 Å². The number of rotatable bonds is 3. The molecular weight excluding hydrogens is 256 g/mol.